The van der Waals surface area contributed by atoms with E-state index in [0.29, 0.717) is 0 Å². The molecule has 25 heavy (non-hydrogen) atoms. The van der Waals surface area contributed by atoms with Crippen molar-refractivity contribution in [3.05, 3.63) is 65.0 Å². The molecule has 0 saturated heterocycles. The number of anilines is 1. The van der Waals surface area contributed by atoms with Gasteiger partial charge in [-0.15, -0.1) is 11.3 Å². The number of nitrogens with one attached hydrogen (secondary N) is 1. The third-order valence-corrected chi connectivity index (χ3v) is 4.36. The maximum absolute atomic E-state index is 5.69. The zero-order valence-corrected chi connectivity index (χ0v) is 15.2. The van der Waals surface area contributed by atoms with Gasteiger partial charge < -0.3 is 4.74 Å². The van der Waals surface area contributed by atoms with Crippen LogP contribution in [-0.4, -0.2) is 17.8 Å². The zero-order chi connectivity index (χ0) is 17.5. The maximum atomic E-state index is 5.69. The molecule has 5 heteroatoms. The predicted octanol–water partition coefficient (Wildman–Crippen LogP) is 5.35. The van der Waals surface area contributed by atoms with E-state index in [1.807, 2.05) is 54.8 Å². The van der Waals surface area contributed by atoms with Crippen molar-refractivity contribution in [2.45, 2.75) is 20.3 Å². The van der Waals surface area contributed by atoms with Crippen LogP contribution < -0.4 is 10.2 Å². The molecule has 128 valence electrons. The summed E-state index contributed by atoms with van der Waals surface area (Å²) < 4.78 is 5.69. The highest BCUT2D eigenvalue weighted by atomic mass is 32.1. The Labute approximate surface area is 152 Å². The second-order valence-electron chi connectivity index (χ2n) is 5.65. The van der Waals surface area contributed by atoms with E-state index in [2.05, 4.69) is 28.5 Å². The summed E-state index contributed by atoms with van der Waals surface area (Å²) in [6.07, 6.45) is 2.80. The Hall–Kier alpha value is -2.66. The Bertz CT molecular complexity index is 843. The predicted molar refractivity (Wildman–Crippen MR) is 106 cm³/mol. The first-order valence-electron chi connectivity index (χ1n) is 8.29. The number of hydrogen-bond acceptors (Lipinski definition) is 5. The van der Waals surface area contributed by atoms with Gasteiger partial charge in [0.25, 0.3) is 0 Å². The van der Waals surface area contributed by atoms with Gasteiger partial charge in [0.1, 0.15) is 5.75 Å². The smallest absolute Gasteiger partial charge is 0.203 e. The summed E-state index contributed by atoms with van der Waals surface area (Å²) in [5.41, 5.74) is 7.19. The van der Waals surface area contributed by atoms with E-state index in [1.165, 1.54) is 11.3 Å². The number of ether oxygens (including phenoxy) is 1. The van der Waals surface area contributed by atoms with Crippen molar-refractivity contribution in [2.75, 3.05) is 12.0 Å². The van der Waals surface area contributed by atoms with E-state index in [0.717, 1.165) is 46.3 Å². The van der Waals surface area contributed by atoms with Gasteiger partial charge in [0.05, 0.1) is 18.5 Å². The van der Waals surface area contributed by atoms with Crippen LogP contribution in [0.3, 0.4) is 0 Å². The summed E-state index contributed by atoms with van der Waals surface area (Å²) in [5.74, 6) is 0.930. The fourth-order valence-corrected chi connectivity index (χ4v) is 3.02. The summed E-state index contributed by atoms with van der Waals surface area (Å²) in [6, 6.07) is 16.2. The molecular formula is C20H21N3OS. The number of hydrogen-bond donors (Lipinski definition) is 1. The molecule has 0 aliphatic carbocycles. The van der Waals surface area contributed by atoms with Crippen molar-refractivity contribution in [3.8, 4) is 17.0 Å². The van der Waals surface area contributed by atoms with Gasteiger partial charge in [-0.25, -0.2) is 4.98 Å². The van der Waals surface area contributed by atoms with Gasteiger partial charge in [-0.05, 0) is 42.7 Å². The standard InChI is InChI=1S/C20H21N3OS/c1-3-11-24-19-10-9-16(12-15(19)2)13-21-23-20-22-18(14-25-20)17-7-5-4-6-8-17/h4-10,12-14H,3,11H2,1-2H3,(H,22,23). The molecule has 0 saturated carbocycles. The molecule has 1 aromatic heterocycles. The first-order chi connectivity index (χ1) is 12.3. The van der Waals surface area contributed by atoms with Gasteiger partial charge in [-0.2, -0.15) is 5.10 Å². The number of aromatic nitrogens is 1. The van der Waals surface area contributed by atoms with Crippen LogP contribution in [0.5, 0.6) is 5.75 Å². The topological polar surface area (TPSA) is 46.5 Å². The molecule has 0 amide bonds. The fraction of sp³-hybridized carbons (Fsp3) is 0.200. The van der Waals surface area contributed by atoms with Crippen LogP contribution >= 0.6 is 11.3 Å². The minimum Gasteiger partial charge on any atom is -0.493 e. The lowest BCUT2D eigenvalue weighted by molar-refractivity contribution is 0.315. The largest absolute Gasteiger partial charge is 0.493 e. The van der Waals surface area contributed by atoms with Crippen LogP contribution in [0.2, 0.25) is 0 Å². The Kier molecular flexibility index (Phi) is 5.80. The second-order valence-corrected chi connectivity index (χ2v) is 6.51. The SMILES string of the molecule is CCCOc1ccc(C=NNc2nc(-c3ccccc3)cs2)cc1C. The lowest BCUT2D eigenvalue weighted by atomic mass is 10.1. The molecule has 0 atom stereocenters. The number of benzene rings is 2. The van der Waals surface area contributed by atoms with Crippen LogP contribution in [-0.2, 0) is 0 Å². The van der Waals surface area contributed by atoms with Crippen molar-refractivity contribution in [2.24, 2.45) is 5.10 Å². The van der Waals surface area contributed by atoms with Crippen molar-refractivity contribution >= 4 is 22.7 Å². The van der Waals surface area contributed by atoms with Gasteiger partial charge in [0, 0.05) is 10.9 Å². The van der Waals surface area contributed by atoms with Crippen LogP contribution in [0.15, 0.2) is 59.0 Å². The van der Waals surface area contributed by atoms with Gasteiger partial charge in [-0.3, -0.25) is 5.43 Å². The first-order valence-corrected chi connectivity index (χ1v) is 9.17. The van der Waals surface area contributed by atoms with E-state index in [9.17, 15) is 0 Å². The van der Waals surface area contributed by atoms with E-state index in [1.54, 1.807) is 6.21 Å². The van der Waals surface area contributed by atoms with Crippen molar-refractivity contribution in [3.63, 3.8) is 0 Å². The van der Waals surface area contributed by atoms with E-state index < -0.39 is 0 Å². The molecule has 1 heterocycles. The number of nitrogens with zero attached hydrogens (tertiary/aromatic N) is 2. The van der Waals surface area contributed by atoms with Crippen LogP contribution in [0.1, 0.15) is 24.5 Å². The van der Waals surface area contributed by atoms with Gasteiger partial charge in [0.2, 0.25) is 5.13 Å². The average molecular weight is 351 g/mol. The average Bonchev–Trinajstić information content (AvgIpc) is 3.11. The highest BCUT2D eigenvalue weighted by Crippen LogP contribution is 2.24. The number of rotatable bonds is 7. The summed E-state index contributed by atoms with van der Waals surface area (Å²) >= 11 is 1.54. The Morgan fingerprint density at radius 1 is 1.20 bits per heavy atom. The number of hydrazone groups is 1. The molecule has 2 aromatic carbocycles. The molecule has 0 aliphatic heterocycles. The van der Waals surface area contributed by atoms with E-state index >= 15 is 0 Å². The monoisotopic (exact) mass is 351 g/mol. The minimum absolute atomic E-state index is 0.740. The van der Waals surface area contributed by atoms with Crippen molar-refractivity contribution < 1.29 is 4.74 Å². The second kappa shape index (κ2) is 8.44. The highest BCUT2D eigenvalue weighted by Gasteiger charge is 2.03. The third-order valence-electron chi connectivity index (χ3n) is 3.61. The summed E-state index contributed by atoms with van der Waals surface area (Å²) in [7, 11) is 0. The molecule has 0 spiro atoms. The summed E-state index contributed by atoms with van der Waals surface area (Å²) in [5, 5.41) is 7.08. The van der Waals surface area contributed by atoms with Crippen LogP contribution in [0.4, 0.5) is 5.13 Å². The molecule has 3 rings (SSSR count). The number of thiazole rings is 1. The van der Waals surface area contributed by atoms with E-state index in [-0.39, 0.29) is 0 Å². The zero-order valence-electron chi connectivity index (χ0n) is 14.4. The molecule has 0 aliphatic rings. The van der Waals surface area contributed by atoms with Gasteiger partial charge >= 0.3 is 0 Å². The molecule has 4 nitrogen and oxygen atoms in total. The Balaban J connectivity index is 1.62. The van der Waals surface area contributed by atoms with Gasteiger partial charge in [-0.1, -0.05) is 37.3 Å². The molecule has 1 N–H and O–H groups in total. The molecule has 0 unspecified atom stereocenters. The van der Waals surface area contributed by atoms with Crippen molar-refractivity contribution in [1.29, 1.82) is 0 Å². The maximum Gasteiger partial charge on any atom is 0.203 e. The summed E-state index contributed by atoms with van der Waals surface area (Å²) in [6.45, 7) is 4.89. The fourth-order valence-electron chi connectivity index (χ4n) is 2.36. The Morgan fingerprint density at radius 2 is 2.04 bits per heavy atom. The third kappa shape index (κ3) is 4.67. The first kappa shape index (κ1) is 17.2. The lowest BCUT2D eigenvalue weighted by Gasteiger charge is -2.08. The van der Waals surface area contributed by atoms with Crippen LogP contribution in [0.25, 0.3) is 11.3 Å². The van der Waals surface area contributed by atoms with Gasteiger partial charge in [0.15, 0.2) is 0 Å². The molecule has 0 fully saturated rings. The van der Waals surface area contributed by atoms with Crippen LogP contribution in [0, 0.1) is 6.92 Å². The molecule has 0 bridgehead atoms. The normalized spacial score (nSPS) is 11.0. The lowest BCUT2D eigenvalue weighted by Crippen LogP contribution is -1.97. The Morgan fingerprint density at radius 3 is 2.80 bits per heavy atom. The quantitative estimate of drug-likeness (QED) is 0.461. The summed E-state index contributed by atoms with van der Waals surface area (Å²) in [4.78, 5) is 4.55. The minimum atomic E-state index is 0.740. The number of aryl methyl sites for hydroxylation is 1. The molecular weight excluding hydrogens is 330 g/mol. The molecule has 0 radical (unpaired) electrons. The van der Waals surface area contributed by atoms with E-state index in [4.69, 9.17) is 4.74 Å². The van der Waals surface area contributed by atoms with Crippen molar-refractivity contribution in [1.82, 2.24) is 4.98 Å². The molecule has 3 aromatic rings. The highest BCUT2D eigenvalue weighted by molar-refractivity contribution is 7.14.